The molecule has 1 atom stereocenters. The molecule has 1 amide bonds. The summed E-state index contributed by atoms with van der Waals surface area (Å²) in [6.45, 7) is 1.71. The second-order valence-corrected chi connectivity index (χ2v) is 6.26. The van der Waals surface area contributed by atoms with E-state index in [0.29, 0.717) is 16.9 Å². The molecule has 0 saturated carbocycles. The van der Waals surface area contributed by atoms with E-state index >= 15 is 0 Å². The van der Waals surface area contributed by atoms with Gasteiger partial charge in [0.2, 0.25) is 0 Å². The van der Waals surface area contributed by atoms with Crippen LogP contribution in [0.2, 0.25) is 0 Å². The Bertz CT molecular complexity index is 911. The Morgan fingerprint density at radius 2 is 1.93 bits per heavy atom. The standard InChI is InChI=1S/C19H17F3N2O3/c1-12-5-3-7-14(9-12)17(25)24-18(26,19(20,21)22)11-16(23-24)13-6-4-8-15(10-13)27-2/h3-10,26H,11H2,1-2H3. The van der Waals surface area contributed by atoms with Crippen LogP contribution in [0, 0.1) is 6.92 Å². The highest BCUT2D eigenvalue weighted by Gasteiger charge is 2.63. The van der Waals surface area contributed by atoms with Crippen LogP contribution in [0.25, 0.3) is 0 Å². The summed E-state index contributed by atoms with van der Waals surface area (Å²) < 4.78 is 46.0. The van der Waals surface area contributed by atoms with E-state index in [-0.39, 0.29) is 16.3 Å². The van der Waals surface area contributed by atoms with Gasteiger partial charge in [-0.1, -0.05) is 29.8 Å². The number of hydrogen-bond donors (Lipinski definition) is 1. The molecular formula is C19H17F3N2O3. The molecule has 1 N–H and O–H groups in total. The van der Waals surface area contributed by atoms with E-state index in [9.17, 15) is 23.1 Å². The number of rotatable bonds is 3. The predicted octanol–water partition coefficient (Wildman–Crippen LogP) is 3.50. The second kappa shape index (κ2) is 6.70. The molecule has 27 heavy (non-hydrogen) atoms. The Morgan fingerprint density at radius 1 is 1.22 bits per heavy atom. The van der Waals surface area contributed by atoms with Crippen LogP contribution in [-0.2, 0) is 0 Å². The number of methoxy groups -OCH3 is 1. The molecule has 0 fully saturated rings. The minimum Gasteiger partial charge on any atom is -0.497 e. The van der Waals surface area contributed by atoms with Crippen molar-refractivity contribution >= 4 is 11.6 Å². The molecule has 3 rings (SSSR count). The smallest absolute Gasteiger partial charge is 0.438 e. The van der Waals surface area contributed by atoms with Gasteiger partial charge < -0.3 is 9.84 Å². The number of hydrogen-bond acceptors (Lipinski definition) is 4. The zero-order chi connectivity index (χ0) is 19.8. The SMILES string of the molecule is COc1cccc(C2=NN(C(=O)c3cccc(C)c3)C(O)(C(F)(F)F)C2)c1. The van der Waals surface area contributed by atoms with Crippen LogP contribution in [0.3, 0.4) is 0 Å². The quantitative estimate of drug-likeness (QED) is 0.889. The number of nitrogens with zero attached hydrogens (tertiary/aromatic N) is 2. The number of ether oxygens (including phenoxy) is 1. The van der Waals surface area contributed by atoms with E-state index in [1.807, 2.05) is 0 Å². The maximum atomic E-state index is 13.6. The van der Waals surface area contributed by atoms with Crippen molar-refractivity contribution in [2.75, 3.05) is 7.11 Å². The Hall–Kier alpha value is -2.87. The summed E-state index contributed by atoms with van der Waals surface area (Å²) >= 11 is 0. The molecule has 0 aromatic heterocycles. The maximum Gasteiger partial charge on any atom is 0.438 e. The van der Waals surface area contributed by atoms with Crippen LogP contribution >= 0.6 is 0 Å². The summed E-state index contributed by atoms with van der Waals surface area (Å²) in [7, 11) is 1.43. The lowest BCUT2D eigenvalue weighted by molar-refractivity contribution is -0.297. The van der Waals surface area contributed by atoms with Gasteiger partial charge in [-0.05, 0) is 31.2 Å². The van der Waals surface area contributed by atoms with Gasteiger partial charge in [0.1, 0.15) is 5.75 Å². The molecular weight excluding hydrogens is 361 g/mol. The van der Waals surface area contributed by atoms with Gasteiger partial charge in [-0.2, -0.15) is 23.3 Å². The lowest BCUT2D eigenvalue weighted by Crippen LogP contribution is -2.56. The first-order valence-corrected chi connectivity index (χ1v) is 8.08. The zero-order valence-corrected chi connectivity index (χ0v) is 14.6. The summed E-state index contributed by atoms with van der Waals surface area (Å²) in [6.07, 6.45) is -5.96. The van der Waals surface area contributed by atoms with Crippen molar-refractivity contribution in [2.24, 2.45) is 5.10 Å². The monoisotopic (exact) mass is 378 g/mol. The number of aliphatic hydroxyl groups is 1. The van der Waals surface area contributed by atoms with Crippen molar-refractivity contribution < 1.29 is 27.8 Å². The first-order valence-electron chi connectivity index (χ1n) is 8.08. The summed E-state index contributed by atoms with van der Waals surface area (Å²) in [5, 5.41) is 14.3. The maximum absolute atomic E-state index is 13.6. The number of carbonyl (C=O) groups is 1. The van der Waals surface area contributed by atoms with Crippen LogP contribution in [0.15, 0.2) is 53.6 Å². The number of amides is 1. The van der Waals surface area contributed by atoms with Crippen LogP contribution in [0.4, 0.5) is 13.2 Å². The Kier molecular flexibility index (Phi) is 4.69. The average molecular weight is 378 g/mol. The van der Waals surface area contributed by atoms with E-state index in [1.165, 1.54) is 25.3 Å². The zero-order valence-electron chi connectivity index (χ0n) is 14.6. The molecule has 0 bridgehead atoms. The third kappa shape index (κ3) is 3.40. The normalized spacial score (nSPS) is 19.8. The molecule has 0 aliphatic carbocycles. The fourth-order valence-electron chi connectivity index (χ4n) is 2.84. The Morgan fingerprint density at radius 3 is 2.56 bits per heavy atom. The van der Waals surface area contributed by atoms with Gasteiger partial charge >= 0.3 is 6.18 Å². The van der Waals surface area contributed by atoms with Gasteiger partial charge in [-0.15, -0.1) is 0 Å². The van der Waals surface area contributed by atoms with E-state index in [4.69, 9.17) is 4.74 Å². The van der Waals surface area contributed by atoms with Crippen molar-refractivity contribution in [3.8, 4) is 5.75 Å². The van der Waals surface area contributed by atoms with Crippen molar-refractivity contribution in [3.05, 3.63) is 65.2 Å². The third-order valence-electron chi connectivity index (χ3n) is 4.30. The fourth-order valence-corrected chi connectivity index (χ4v) is 2.84. The van der Waals surface area contributed by atoms with Gasteiger partial charge in [0.05, 0.1) is 19.2 Å². The number of aryl methyl sites for hydroxylation is 1. The summed E-state index contributed by atoms with van der Waals surface area (Å²) in [5.74, 6) is -0.606. The third-order valence-corrected chi connectivity index (χ3v) is 4.30. The second-order valence-electron chi connectivity index (χ2n) is 6.26. The highest BCUT2D eigenvalue weighted by Crippen LogP contribution is 2.42. The van der Waals surface area contributed by atoms with E-state index in [2.05, 4.69) is 5.10 Å². The van der Waals surface area contributed by atoms with Gasteiger partial charge in [-0.25, -0.2) is 0 Å². The first kappa shape index (κ1) is 18.9. The van der Waals surface area contributed by atoms with E-state index in [0.717, 1.165) is 0 Å². The molecule has 2 aromatic rings. The van der Waals surface area contributed by atoms with Crippen LogP contribution in [-0.4, -0.2) is 40.7 Å². The fraction of sp³-hybridized carbons (Fsp3) is 0.263. The number of carbonyl (C=O) groups excluding carboxylic acids is 1. The van der Waals surface area contributed by atoms with E-state index in [1.54, 1.807) is 37.3 Å². The summed E-state index contributed by atoms with van der Waals surface area (Å²) in [6, 6.07) is 12.3. The lowest BCUT2D eigenvalue weighted by Gasteiger charge is -2.32. The van der Waals surface area contributed by atoms with Gasteiger partial charge in [-0.3, -0.25) is 4.79 Å². The summed E-state index contributed by atoms with van der Waals surface area (Å²) in [4.78, 5) is 12.7. The molecule has 0 saturated heterocycles. The Balaban J connectivity index is 2.06. The molecule has 0 spiro atoms. The molecule has 142 valence electrons. The van der Waals surface area contributed by atoms with Gasteiger partial charge in [0.15, 0.2) is 0 Å². The van der Waals surface area contributed by atoms with Gasteiger partial charge in [0, 0.05) is 11.1 Å². The van der Waals surface area contributed by atoms with Crippen LogP contribution < -0.4 is 4.74 Å². The molecule has 1 unspecified atom stereocenters. The van der Waals surface area contributed by atoms with Crippen molar-refractivity contribution in [1.29, 1.82) is 0 Å². The molecule has 1 aliphatic rings. The minimum atomic E-state index is -5.09. The molecule has 1 heterocycles. The first-order chi connectivity index (χ1) is 12.7. The highest BCUT2D eigenvalue weighted by atomic mass is 19.4. The number of halogens is 3. The minimum absolute atomic E-state index is 0.00770. The number of alkyl halides is 3. The molecule has 5 nitrogen and oxygen atoms in total. The molecule has 1 aliphatic heterocycles. The van der Waals surface area contributed by atoms with Crippen molar-refractivity contribution in [1.82, 2.24) is 5.01 Å². The molecule has 0 radical (unpaired) electrons. The van der Waals surface area contributed by atoms with Crippen molar-refractivity contribution in [3.63, 3.8) is 0 Å². The summed E-state index contributed by atoms with van der Waals surface area (Å²) in [5.41, 5.74) is -2.45. The molecule has 8 heteroatoms. The highest BCUT2D eigenvalue weighted by molar-refractivity contribution is 6.05. The van der Waals surface area contributed by atoms with Crippen LogP contribution in [0.1, 0.15) is 27.9 Å². The van der Waals surface area contributed by atoms with Crippen LogP contribution in [0.5, 0.6) is 5.75 Å². The topological polar surface area (TPSA) is 62.1 Å². The number of hydrazone groups is 1. The molecule has 2 aromatic carbocycles. The predicted molar refractivity (Wildman–Crippen MR) is 92.5 cm³/mol. The van der Waals surface area contributed by atoms with Gasteiger partial charge in [0.25, 0.3) is 11.6 Å². The van der Waals surface area contributed by atoms with E-state index < -0.39 is 24.2 Å². The average Bonchev–Trinajstić information content (AvgIpc) is 3.00. The largest absolute Gasteiger partial charge is 0.497 e. The lowest BCUT2D eigenvalue weighted by atomic mass is 10.00. The van der Waals surface area contributed by atoms with Crippen molar-refractivity contribution in [2.45, 2.75) is 25.2 Å². The number of benzene rings is 2. The Labute approximate surface area is 153 Å².